The van der Waals surface area contributed by atoms with Gasteiger partial charge in [-0.1, -0.05) is 25.8 Å². The van der Waals surface area contributed by atoms with Gasteiger partial charge in [0, 0.05) is 6.20 Å². The van der Waals surface area contributed by atoms with Crippen LogP contribution in [0.15, 0.2) is 29.4 Å². The molecule has 0 aliphatic heterocycles. The van der Waals surface area contributed by atoms with Gasteiger partial charge in [-0.2, -0.15) is 0 Å². The van der Waals surface area contributed by atoms with Crippen LogP contribution in [-0.4, -0.2) is 19.2 Å². The molecule has 0 N–H and O–H groups in total. The third-order valence-electron chi connectivity index (χ3n) is 1.97. The van der Waals surface area contributed by atoms with Crippen LogP contribution in [0.5, 0.6) is 0 Å². The molecule has 78 valence electrons. The Kier molecular flexibility index (Phi) is 4.07. The Labute approximate surface area is 85.1 Å². The summed E-state index contributed by atoms with van der Waals surface area (Å²) < 4.78 is 23.3. The van der Waals surface area contributed by atoms with E-state index in [9.17, 15) is 8.42 Å². The van der Waals surface area contributed by atoms with E-state index in [1.54, 1.807) is 18.2 Å². The van der Waals surface area contributed by atoms with E-state index in [-0.39, 0.29) is 10.8 Å². The lowest BCUT2D eigenvalue weighted by atomic mass is 10.3. The van der Waals surface area contributed by atoms with Crippen LogP contribution in [0.3, 0.4) is 0 Å². The van der Waals surface area contributed by atoms with Crippen molar-refractivity contribution in [2.24, 2.45) is 0 Å². The van der Waals surface area contributed by atoms with Crippen molar-refractivity contribution >= 4 is 9.84 Å². The maximum Gasteiger partial charge on any atom is 0.195 e. The van der Waals surface area contributed by atoms with Crippen molar-refractivity contribution in [3.63, 3.8) is 0 Å². The van der Waals surface area contributed by atoms with Gasteiger partial charge in [-0.05, 0) is 18.6 Å². The van der Waals surface area contributed by atoms with Crippen molar-refractivity contribution in [3.05, 3.63) is 24.4 Å². The van der Waals surface area contributed by atoms with Gasteiger partial charge in [-0.25, -0.2) is 13.4 Å². The number of hydrogen-bond donors (Lipinski definition) is 0. The Hall–Kier alpha value is -0.900. The fraction of sp³-hybridized carbons (Fsp3) is 0.500. The quantitative estimate of drug-likeness (QED) is 0.703. The molecule has 0 amide bonds. The number of aromatic nitrogens is 1. The van der Waals surface area contributed by atoms with Gasteiger partial charge in [-0.3, -0.25) is 0 Å². The van der Waals surface area contributed by atoms with Crippen LogP contribution < -0.4 is 0 Å². The fourth-order valence-corrected chi connectivity index (χ4v) is 2.48. The van der Waals surface area contributed by atoms with Gasteiger partial charge in [0.25, 0.3) is 0 Å². The van der Waals surface area contributed by atoms with Crippen LogP contribution in [0, 0.1) is 0 Å². The topological polar surface area (TPSA) is 47.0 Å². The first-order valence-corrected chi connectivity index (χ1v) is 6.46. The van der Waals surface area contributed by atoms with E-state index in [4.69, 9.17) is 0 Å². The molecule has 0 unspecified atom stereocenters. The molecule has 0 aliphatic rings. The normalized spacial score (nSPS) is 11.5. The second-order valence-electron chi connectivity index (χ2n) is 3.19. The van der Waals surface area contributed by atoms with Gasteiger partial charge >= 0.3 is 0 Å². The summed E-state index contributed by atoms with van der Waals surface area (Å²) in [6.45, 7) is 2.05. The highest BCUT2D eigenvalue weighted by atomic mass is 32.2. The summed E-state index contributed by atoms with van der Waals surface area (Å²) in [5.41, 5.74) is 0. The third-order valence-corrected chi connectivity index (χ3v) is 3.68. The van der Waals surface area contributed by atoms with Crippen LogP contribution in [-0.2, 0) is 9.84 Å². The summed E-state index contributed by atoms with van der Waals surface area (Å²) >= 11 is 0. The molecule has 0 radical (unpaired) electrons. The first-order chi connectivity index (χ1) is 6.67. The van der Waals surface area contributed by atoms with Crippen LogP contribution in [0.2, 0.25) is 0 Å². The summed E-state index contributed by atoms with van der Waals surface area (Å²) in [7, 11) is -3.14. The van der Waals surface area contributed by atoms with Crippen LogP contribution in [0.1, 0.15) is 26.2 Å². The van der Waals surface area contributed by atoms with Gasteiger partial charge in [0.15, 0.2) is 14.9 Å². The minimum Gasteiger partial charge on any atom is -0.245 e. The summed E-state index contributed by atoms with van der Waals surface area (Å²) in [6, 6.07) is 4.95. The monoisotopic (exact) mass is 213 g/mol. The van der Waals surface area contributed by atoms with Gasteiger partial charge in [-0.15, -0.1) is 0 Å². The first-order valence-electron chi connectivity index (χ1n) is 4.80. The second kappa shape index (κ2) is 5.10. The standard InChI is InChI=1S/C10H15NO2S/c1-2-3-6-9-14(12,13)10-7-4-5-8-11-10/h4-5,7-8H,2-3,6,9H2,1H3. The van der Waals surface area contributed by atoms with E-state index >= 15 is 0 Å². The van der Waals surface area contributed by atoms with E-state index in [2.05, 4.69) is 4.98 Å². The van der Waals surface area contributed by atoms with Crippen LogP contribution >= 0.6 is 0 Å². The number of rotatable bonds is 5. The van der Waals surface area contributed by atoms with Crippen molar-refractivity contribution in [1.29, 1.82) is 0 Å². The molecule has 0 bridgehead atoms. The maximum atomic E-state index is 11.6. The summed E-state index contributed by atoms with van der Waals surface area (Å²) in [6.07, 6.45) is 4.20. The Morgan fingerprint density at radius 3 is 2.64 bits per heavy atom. The molecular weight excluding hydrogens is 198 g/mol. The van der Waals surface area contributed by atoms with E-state index < -0.39 is 9.84 Å². The minimum atomic E-state index is -3.14. The first kappa shape index (κ1) is 11.2. The molecule has 1 rings (SSSR count). The van der Waals surface area contributed by atoms with Crippen molar-refractivity contribution in [2.45, 2.75) is 31.2 Å². The molecule has 1 aromatic rings. The smallest absolute Gasteiger partial charge is 0.195 e. The van der Waals surface area contributed by atoms with E-state index in [0.29, 0.717) is 0 Å². The SMILES string of the molecule is CCCCCS(=O)(=O)c1ccccn1. The molecule has 4 heteroatoms. The van der Waals surface area contributed by atoms with Gasteiger partial charge < -0.3 is 0 Å². The average molecular weight is 213 g/mol. The average Bonchev–Trinajstić information content (AvgIpc) is 2.19. The molecule has 0 atom stereocenters. The van der Waals surface area contributed by atoms with E-state index in [0.717, 1.165) is 19.3 Å². The molecule has 3 nitrogen and oxygen atoms in total. The number of pyridine rings is 1. The zero-order valence-electron chi connectivity index (χ0n) is 8.31. The third kappa shape index (κ3) is 3.10. The van der Waals surface area contributed by atoms with Gasteiger partial charge in [0.2, 0.25) is 0 Å². The number of sulfone groups is 1. The molecule has 0 aliphatic carbocycles. The molecule has 1 aromatic heterocycles. The molecule has 0 saturated heterocycles. The number of hydrogen-bond acceptors (Lipinski definition) is 3. The van der Waals surface area contributed by atoms with Crippen LogP contribution in [0.4, 0.5) is 0 Å². The Morgan fingerprint density at radius 2 is 2.07 bits per heavy atom. The Bertz CT molecular complexity index is 359. The van der Waals surface area contributed by atoms with Crippen LogP contribution in [0.25, 0.3) is 0 Å². The van der Waals surface area contributed by atoms with E-state index in [1.807, 2.05) is 6.92 Å². The molecule has 14 heavy (non-hydrogen) atoms. The zero-order chi connectivity index (χ0) is 10.4. The Morgan fingerprint density at radius 1 is 1.29 bits per heavy atom. The molecule has 0 aromatic carbocycles. The maximum absolute atomic E-state index is 11.6. The minimum absolute atomic E-state index is 0.191. The second-order valence-corrected chi connectivity index (χ2v) is 5.25. The van der Waals surface area contributed by atoms with Gasteiger partial charge in [0.05, 0.1) is 5.75 Å². The molecular formula is C10H15NO2S. The largest absolute Gasteiger partial charge is 0.245 e. The Balaban J connectivity index is 2.67. The highest BCUT2D eigenvalue weighted by Gasteiger charge is 2.13. The molecule has 1 heterocycles. The molecule has 0 saturated carbocycles. The summed E-state index contributed by atoms with van der Waals surface area (Å²) in [5.74, 6) is 0.206. The molecule has 0 fully saturated rings. The van der Waals surface area contributed by atoms with Crippen molar-refractivity contribution in [1.82, 2.24) is 4.98 Å². The van der Waals surface area contributed by atoms with Crippen molar-refractivity contribution in [3.8, 4) is 0 Å². The summed E-state index contributed by atoms with van der Waals surface area (Å²) in [5, 5.41) is 0.191. The molecule has 0 spiro atoms. The zero-order valence-corrected chi connectivity index (χ0v) is 9.13. The number of nitrogens with zero attached hydrogens (tertiary/aromatic N) is 1. The predicted molar refractivity (Wildman–Crippen MR) is 55.8 cm³/mol. The van der Waals surface area contributed by atoms with Gasteiger partial charge in [0.1, 0.15) is 0 Å². The highest BCUT2D eigenvalue weighted by Crippen LogP contribution is 2.09. The number of unbranched alkanes of at least 4 members (excludes halogenated alkanes) is 2. The lowest BCUT2D eigenvalue weighted by molar-refractivity contribution is 0.587. The summed E-state index contributed by atoms with van der Waals surface area (Å²) in [4.78, 5) is 3.84. The predicted octanol–water partition coefficient (Wildman–Crippen LogP) is 2.05. The highest BCUT2D eigenvalue weighted by molar-refractivity contribution is 7.91. The van der Waals surface area contributed by atoms with Crippen molar-refractivity contribution < 1.29 is 8.42 Å². The lowest BCUT2D eigenvalue weighted by Crippen LogP contribution is -2.08. The lowest BCUT2D eigenvalue weighted by Gasteiger charge is -2.01. The van der Waals surface area contributed by atoms with Crippen molar-refractivity contribution in [2.75, 3.05) is 5.75 Å². The van der Waals surface area contributed by atoms with E-state index in [1.165, 1.54) is 6.20 Å². The fourth-order valence-electron chi connectivity index (χ4n) is 1.18.